The van der Waals surface area contributed by atoms with E-state index in [1.165, 1.54) is 167 Å². The molecule has 2 atom stereocenters. The summed E-state index contributed by atoms with van der Waals surface area (Å²) >= 11 is 0. The number of hydrogen-bond acceptors (Lipinski definition) is 8. The van der Waals surface area contributed by atoms with E-state index in [4.69, 9.17) is 24.3 Å². The molecule has 1 unspecified atom stereocenters. The molecule has 0 spiro atoms. The van der Waals surface area contributed by atoms with Crippen molar-refractivity contribution in [3.8, 4) is 0 Å². The van der Waals surface area contributed by atoms with Crippen molar-refractivity contribution in [1.29, 1.82) is 0 Å². The Kier molecular flexibility index (Phi) is 46.3. The zero-order chi connectivity index (χ0) is 44.6. The van der Waals surface area contributed by atoms with E-state index in [0.717, 1.165) is 44.9 Å². The van der Waals surface area contributed by atoms with Gasteiger partial charge in [-0.2, -0.15) is 0 Å². The first kappa shape index (κ1) is 59.2. The van der Waals surface area contributed by atoms with Crippen LogP contribution in [0.2, 0.25) is 0 Å². The van der Waals surface area contributed by atoms with Crippen LogP contribution in [0.3, 0.4) is 0 Å². The monoisotopic (exact) mass is 882 g/mol. The van der Waals surface area contributed by atoms with Gasteiger partial charge in [0, 0.05) is 19.4 Å². The first-order valence-electron chi connectivity index (χ1n) is 25.5. The Balaban J connectivity index is 4.04. The third-order valence-corrected chi connectivity index (χ3v) is 12.0. The van der Waals surface area contributed by atoms with Gasteiger partial charge < -0.3 is 20.1 Å². The first-order chi connectivity index (χ1) is 29.8. The fourth-order valence-corrected chi connectivity index (χ4v) is 7.96. The van der Waals surface area contributed by atoms with Crippen molar-refractivity contribution in [3.63, 3.8) is 0 Å². The Morgan fingerprint density at radius 1 is 0.492 bits per heavy atom. The highest BCUT2D eigenvalue weighted by Gasteiger charge is 2.26. The summed E-state index contributed by atoms with van der Waals surface area (Å²) in [7, 11) is -4.38. The number of phosphoric acid groups is 1. The molecule has 0 aromatic carbocycles. The van der Waals surface area contributed by atoms with Crippen LogP contribution >= 0.6 is 7.82 Å². The molecular formula is C51H96NO8P. The van der Waals surface area contributed by atoms with Gasteiger partial charge in [-0.05, 0) is 70.6 Å². The molecule has 0 aromatic heterocycles. The quantitative estimate of drug-likeness (QED) is 0.0265. The molecule has 0 aliphatic rings. The number of carbonyl (C=O) groups excluding carboxylic acids is 2. The Hall–Kier alpha value is -1.77. The summed E-state index contributed by atoms with van der Waals surface area (Å²) in [6.45, 7) is 3.73. The van der Waals surface area contributed by atoms with E-state index in [1.807, 2.05) is 0 Å². The second-order valence-corrected chi connectivity index (χ2v) is 18.5. The molecule has 0 rings (SSSR count). The lowest BCUT2D eigenvalue weighted by Crippen LogP contribution is -2.29. The molecule has 10 heteroatoms. The molecule has 0 aliphatic carbocycles. The summed E-state index contributed by atoms with van der Waals surface area (Å²) in [6.07, 6.45) is 54.6. The zero-order valence-corrected chi connectivity index (χ0v) is 40.5. The minimum absolute atomic E-state index is 0.0531. The number of ether oxygens (including phenoxy) is 2. The fraction of sp³-hybridized carbons (Fsp3) is 0.843. The highest BCUT2D eigenvalue weighted by atomic mass is 31.2. The van der Waals surface area contributed by atoms with Gasteiger partial charge in [0.2, 0.25) is 0 Å². The summed E-state index contributed by atoms with van der Waals surface area (Å²) in [5.41, 5.74) is 5.37. The lowest BCUT2D eigenvalue weighted by Gasteiger charge is -2.19. The van der Waals surface area contributed by atoms with Crippen molar-refractivity contribution in [3.05, 3.63) is 36.5 Å². The van der Waals surface area contributed by atoms with E-state index in [1.54, 1.807) is 0 Å². The number of hydrogen-bond donors (Lipinski definition) is 2. The van der Waals surface area contributed by atoms with Crippen LogP contribution in [0.15, 0.2) is 36.5 Å². The van der Waals surface area contributed by atoms with E-state index >= 15 is 0 Å². The maximum atomic E-state index is 12.7. The van der Waals surface area contributed by atoms with Crippen LogP contribution in [0, 0.1) is 0 Å². The van der Waals surface area contributed by atoms with Crippen LogP contribution in [0.25, 0.3) is 0 Å². The van der Waals surface area contributed by atoms with Crippen LogP contribution in [0.1, 0.15) is 245 Å². The normalized spacial score (nSPS) is 13.4. The Morgan fingerprint density at radius 2 is 0.852 bits per heavy atom. The SMILES string of the molecule is CCCCC/C=C/C/C=C/CCCCCCCCCCCC(=O)OC[C@H](COP(=O)(O)OCCN)OC(=O)CCCCCCCCCCCCC/C=C/CCCCCCCC. The van der Waals surface area contributed by atoms with Gasteiger partial charge in [-0.1, -0.05) is 198 Å². The van der Waals surface area contributed by atoms with E-state index in [9.17, 15) is 19.0 Å². The average molecular weight is 882 g/mol. The predicted molar refractivity (Wildman–Crippen MR) is 257 cm³/mol. The molecule has 0 amide bonds. The summed E-state index contributed by atoms with van der Waals surface area (Å²) in [5.74, 6) is -0.826. The van der Waals surface area contributed by atoms with Crippen LogP contribution in [0.5, 0.6) is 0 Å². The highest BCUT2D eigenvalue weighted by Crippen LogP contribution is 2.43. The number of allylic oxidation sites excluding steroid dienone is 6. The molecule has 0 radical (unpaired) electrons. The lowest BCUT2D eigenvalue weighted by atomic mass is 10.0. The van der Waals surface area contributed by atoms with E-state index in [2.05, 4.69) is 50.3 Å². The second kappa shape index (κ2) is 47.7. The summed E-state index contributed by atoms with van der Waals surface area (Å²) in [4.78, 5) is 35.0. The highest BCUT2D eigenvalue weighted by molar-refractivity contribution is 7.47. The molecule has 9 nitrogen and oxygen atoms in total. The van der Waals surface area contributed by atoms with Crippen molar-refractivity contribution in [2.45, 2.75) is 251 Å². The van der Waals surface area contributed by atoms with Crippen molar-refractivity contribution >= 4 is 19.8 Å². The molecule has 0 aromatic rings. The minimum atomic E-state index is -4.38. The number of phosphoric ester groups is 1. The number of nitrogens with two attached hydrogens (primary N) is 1. The molecular weight excluding hydrogens is 786 g/mol. The zero-order valence-electron chi connectivity index (χ0n) is 39.7. The molecule has 0 aliphatic heterocycles. The summed E-state index contributed by atoms with van der Waals surface area (Å²) in [5, 5.41) is 0. The molecule has 0 heterocycles. The number of carbonyl (C=O) groups is 2. The van der Waals surface area contributed by atoms with Crippen LogP contribution in [0.4, 0.5) is 0 Å². The third-order valence-electron chi connectivity index (χ3n) is 11.0. The van der Waals surface area contributed by atoms with E-state index in [0.29, 0.717) is 6.42 Å². The molecule has 0 bridgehead atoms. The van der Waals surface area contributed by atoms with Crippen molar-refractivity contribution in [1.82, 2.24) is 0 Å². The second-order valence-electron chi connectivity index (χ2n) is 17.0. The van der Waals surface area contributed by atoms with Crippen molar-refractivity contribution in [2.75, 3.05) is 26.4 Å². The molecule has 0 fully saturated rings. The standard InChI is InChI=1S/C51H96NO8P/c1-3-5-7-9-11-13-15-17-19-21-23-24-26-28-30-32-34-36-38-40-42-44-51(54)60-49(48-59-61(55,56)58-46-45-52)47-57-50(53)43-41-39-37-35-33-31-29-27-25-22-20-18-16-14-12-10-8-6-4-2/h12,14,17-20,49H,3-11,13,15-16,21-48,52H2,1-2H3,(H,55,56)/b14-12+,19-17+,20-18+/t49-/m1/s1. The maximum absolute atomic E-state index is 12.7. The largest absolute Gasteiger partial charge is 0.472 e. The van der Waals surface area contributed by atoms with Gasteiger partial charge in [0.1, 0.15) is 6.61 Å². The Bertz CT molecular complexity index is 1100. The number of unbranched alkanes of at least 4 members (excludes halogenated alkanes) is 29. The number of esters is 2. The van der Waals surface area contributed by atoms with Crippen molar-refractivity contribution in [2.24, 2.45) is 5.73 Å². The smallest absolute Gasteiger partial charge is 0.462 e. The minimum Gasteiger partial charge on any atom is -0.462 e. The fourth-order valence-electron chi connectivity index (χ4n) is 7.19. The van der Waals surface area contributed by atoms with E-state index < -0.39 is 26.5 Å². The van der Waals surface area contributed by atoms with Gasteiger partial charge in [0.25, 0.3) is 0 Å². The lowest BCUT2D eigenvalue weighted by molar-refractivity contribution is -0.161. The van der Waals surface area contributed by atoms with Crippen molar-refractivity contribution < 1.29 is 37.6 Å². The van der Waals surface area contributed by atoms with Gasteiger partial charge in [0.05, 0.1) is 13.2 Å². The Labute approximate surface area is 375 Å². The van der Waals surface area contributed by atoms with Crippen LogP contribution in [-0.2, 0) is 32.7 Å². The van der Waals surface area contributed by atoms with Gasteiger partial charge in [-0.15, -0.1) is 0 Å². The van der Waals surface area contributed by atoms with Gasteiger partial charge in [0.15, 0.2) is 6.10 Å². The molecule has 0 saturated carbocycles. The van der Waals surface area contributed by atoms with Gasteiger partial charge in [-0.25, -0.2) is 4.57 Å². The molecule has 358 valence electrons. The Morgan fingerprint density at radius 3 is 1.30 bits per heavy atom. The van der Waals surface area contributed by atoms with E-state index in [-0.39, 0.29) is 38.6 Å². The molecule has 3 N–H and O–H groups in total. The number of rotatable bonds is 48. The summed E-state index contributed by atoms with van der Waals surface area (Å²) in [6, 6.07) is 0. The van der Waals surface area contributed by atoms with Crippen LogP contribution in [-0.4, -0.2) is 49.3 Å². The average Bonchev–Trinajstić information content (AvgIpc) is 3.25. The molecule has 61 heavy (non-hydrogen) atoms. The maximum Gasteiger partial charge on any atom is 0.472 e. The molecule has 0 saturated heterocycles. The predicted octanol–water partition coefficient (Wildman–Crippen LogP) is 15.3. The van der Waals surface area contributed by atoms with Gasteiger partial charge >= 0.3 is 19.8 Å². The first-order valence-corrected chi connectivity index (χ1v) is 27.0. The summed E-state index contributed by atoms with van der Waals surface area (Å²) < 4.78 is 32.9. The van der Waals surface area contributed by atoms with Crippen LogP contribution < -0.4 is 5.73 Å². The topological polar surface area (TPSA) is 134 Å². The van der Waals surface area contributed by atoms with Gasteiger partial charge in [-0.3, -0.25) is 18.6 Å². The third kappa shape index (κ3) is 47.5.